The molecule has 0 radical (unpaired) electrons. The van der Waals surface area contributed by atoms with Crippen molar-refractivity contribution in [3.05, 3.63) is 0 Å². The molecule has 6 nitrogen and oxygen atoms in total. The summed E-state index contributed by atoms with van der Waals surface area (Å²) in [5.41, 5.74) is -0.474. The first kappa shape index (κ1) is 17.2. The molecule has 0 aliphatic rings. The second-order valence-electron chi connectivity index (χ2n) is 5.09. The fourth-order valence-electron chi connectivity index (χ4n) is 1.18. The van der Waals surface area contributed by atoms with Gasteiger partial charge in [-0.1, -0.05) is 0 Å². The van der Waals surface area contributed by atoms with E-state index in [1.165, 1.54) is 0 Å². The molecular formula is C12H26N2O4. The van der Waals surface area contributed by atoms with Crippen molar-refractivity contribution in [1.82, 2.24) is 10.6 Å². The molecule has 0 aromatic rings. The Morgan fingerprint density at radius 2 is 1.72 bits per heavy atom. The number of carbonyl (C=O) groups is 1. The number of methoxy groups -OCH3 is 2. The van der Waals surface area contributed by atoms with Gasteiger partial charge in [-0.25, -0.2) is 4.79 Å². The Morgan fingerprint density at radius 3 is 2.17 bits per heavy atom. The first-order valence-electron chi connectivity index (χ1n) is 6.04. The molecule has 0 rings (SSSR count). The predicted octanol–water partition coefficient (Wildman–Crippen LogP) is 1.11. The van der Waals surface area contributed by atoms with Gasteiger partial charge in [0.05, 0.1) is 0 Å². The summed E-state index contributed by atoms with van der Waals surface area (Å²) < 4.78 is 15.2. The van der Waals surface area contributed by atoms with Crippen molar-refractivity contribution in [3.63, 3.8) is 0 Å². The van der Waals surface area contributed by atoms with E-state index in [4.69, 9.17) is 14.2 Å². The molecule has 1 atom stereocenters. The maximum atomic E-state index is 11.4. The molecule has 18 heavy (non-hydrogen) atoms. The molecule has 6 heteroatoms. The van der Waals surface area contributed by atoms with E-state index in [0.29, 0.717) is 13.1 Å². The second kappa shape index (κ2) is 8.29. The molecule has 0 bridgehead atoms. The Morgan fingerprint density at radius 1 is 1.17 bits per heavy atom. The van der Waals surface area contributed by atoms with Gasteiger partial charge < -0.3 is 24.8 Å². The fraction of sp³-hybridized carbons (Fsp3) is 0.917. The maximum Gasteiger partial charge on any atom is 0.407 e. The lowest BCUT2D eigenvalue weighted by Gasteiger charge is -2.22. The summed E-state index contributed by atoms with van der Waals surface area (Å²) in [4.78, 5) is 11.4. The van der Waals surface area contributed by atoms with Crippen LogP contribution >= 0.6 is 0 Å². The first-order chi connectivity index (χ1) is 8.28. The Labute approximate surface area is 109 Å². The van der Waals surface area contributed by atoms with Crippen LogP contribution in [0, 0.1) is 0 Å². The van der Waals surface area contributed by atoms with E-state index >= 15 is 0 Å². The van der Waals surface area contributed by atoms with Gasteiger partial charge in [0.2, 0.25) is 0 Å². The number of hydrogen-bond donors (Lipinski definition) is 2. The zero-order valence-corrected chi connectivity index (χ0v) is 12.2. The van der Waals surface area contributed by atoms with Crippen LogP contribution in [0.25, 0.3) is 0 Å². The third-order valence-corrected chi connectivity index (χ3v) is 2.11. The number of rotatable bonds is 7. The molecule has 0 aliphatic carbocycles. The molecule has 0 aromatic carbocycles. The van der Waals surface area contributed by atoms with Gasteiger partial charge in [-0.15, -0.1) is 0 Å². The van der Waals surface area contributed by atoms with Gasteiger partial charge in [-0.05, 0) is 27.7 Å². The van der Waals surface area contributed by atoms with Gasteiger partial charge in [0.1, 0.15) is 5.60 Å². The summed E-state index contributed by atoms with van der Waals surface area (Å²) in [5.74, 6) is 0. The van der Waals surface area contributed by atoms with Crippen LogP contribution in [0.2, 0.25) is 0 Å². The molecule has 2 N–H and O–H groups in total. The molecule has 0 spiro atoms. The third-order valence-electron chi connectivity index (χ3n) is 2.11. The number of alkyl carbamates (subject to hydrolysis) is 1. The zero-order chi connectivity index (χ0) is 14.2. The Balaban J connectivity index is 3.76. The average molecular weight is 262 g/mol. The minimum Gasteiger partial charge on any atom is -0.444 e. The van der Waals surface area contributed by atoms with E-state index < -0.39 is 11.7 Å². The molecule has 0 fully saturated rings. The highest BCUT2D eigenvalue weighted by Gasteiger charge is 2.16. The minimum absolute atomic E-state index is 0.102. The molecule has 0 aliphatic heterocycles. The van der Waals surface area contributed by atoms with Crippen LogP contribution in [0.1, 0.15) is 27.7 Å². The lowest BCUT2D eigenvalue weighted by molar-refractivity contribution is -0.0996. The van der Waals surface area contributed by atoms with Crippen LogP contribution in [0.4, 0.5) is 4.79 Å². The standard InChI is InChI=1S/C12H26N2O4/c1-9(13-8-10(16-5)17-6)7-14-11(15)18-12(2,3)4/h9-10,13H,7-8H2,1-6H3,(H,14,15). The Kier molecular flexibility index (Phi) is 7.90. The summed E-state index contributed by atoms with van der Waals surface area (Å²) in [6.07, 6.45) is -0.694. The van der Waals surface area contributed by atoms with Crippen molar-refractivity contribution in [2.45, 2.75) is 45.6 Å². The molecule has 1 unspecified atom stereocenters. The van der Waals surface area contributed by atoms with Crippen molar-refractivity contribution in [3.8, 4) is 0 Å². The summed E-state index contributed by atoms with van der Waals surface area (Å²) in [6.45, 7) is 8.49. The Bertz CT molecular complexity index is 237. The summed E-state index contributed by atoms with van der Waals surface area (Å²) in [7, 11) is 3.17. The van der Waals surface area contributed by atoms with Gasteiger partial charge in [-0.3, -0.25) is 0 Å². The van der Waals surface area contributed by atoms with Crippen LogP contribution in [-0.2, 0) is 14.2 Å². The zero-order valence-electron chi connectivity index (χ0n) is 12.2. The van der Waals surface area contributed by atoms with Crippen LogP contribution in [0.15, 0.2) is 0 Å². The maximum absolute atomic E-state index is 11.4. The van der Waals surface area contributed by atoms with Gasteiger partial charge in [-0.2, -0.15) is 0 Å². The molecular weight excluding hydrogens is 236 g/mol. The average Bonchev–Trinajstić information content (AvgIpc) is 2.25. The van der Waals surface area contributed by atoms with E-state index in [-0.39, 0.29) is 12.3 Å². The minimum atomic E-state index is -0.474. The smallest absolute Gasteiger partial charge is 0.407 e. The molecule has 0 heterocycles. The number of ether oxygens (including phenoxy) is 3. The van der Waals surface area contributed by atoms with E-state index in [9.17, 15) is 4.79 Å². The van der Waals surface area contributed by atoms with E-state index in [2.05, 4.69) is 10.6 Å². The van der Waals surface area contributed by atoms with Crippen molar-refractivity contribution >= 4 is 6.09 Å². The largest absolute Gasteiger partial charge is 0.444 e. The number of carbonyl (C=O) groups excluding carboxylic acids is 1. The van der Waals surface area contributed by atoms with Crippen LogP contribution in [0.5, 0.6) is 0 Å². The van der Waals surface area contributed by atoms with Gasteiger partial charge in [0.25, 0.3) is 0 Å². The van der Waals surface area contributed by atoms with E-state index in [1.54, 1.807) is 14.2 Å². The highest BCUT2D eigenvalue weighted by atomic mass is 16.7. The summed E-state index contributed by atoms with van der Waals surface area (Å²) in [6, 6.07) is 0.102. The van der Waals surface area contributed by atoms with Crippen molar-refractivity contribution in [2.75, 3.05) is 27.3 Å². The lowest BCUT2D eigenvalue weighted by atomic mass is 10.2. The highest BCUT2D eigenvalue weighted by molar-refractivity contribution is 5.67. The highest BCUT2D eigenvalue weighted by Crippen LogP contribution is 2.06. The lowest BCUT2D eigenvalue weighted by Crippen LogP contribution is -2.43. The van der Waals surface area contributed by atoms with Gasteiger partial charge in [0, 0.05) is 33.4 Å². The number of nitrogens with one attached hydrogen (secondary N) is 2. The van der Waals surface area contributed by atoms with Crippen LogP contribution in [-0.4, -0.2) is 51.3 Å². The van der Waals surface area contributed by atoms with Gasteiger partial charge >= 0.3 is 6.09 Å². The van der Waals surface area contributed by atoms with Gasteiger partial charge in [0.15, 0.2) is 6.29 Å². The number of amides is 1. The summed E-state index contributed by atoms with van der Waals surface area (Å²) >= 11 is 0. The molecule has 0 saturated heterocycles. The molecule has 0 aromatic heterocycles. The third kappa shape index (κ3) is 9.21. The normalized spacial score (nSPS) is 13.5. The van der Waals surface area contributed by atoms with Crippen molar-refractivity contribution < 1.29 is 19.0 Å². The second-order valence-corrected chi connectivity index (χ2v) is 5.09. The van der Waals surface area contributed by atoms with Crippen LogP contribution < -0.4 is 10.6 Å². The summed E-state index contributed by atoms with van der Waals surface area (Å²) in [5, 5.41) is 5.88. The SMILES string of the molecule is COC(CNC(C)CNC(=O)OC(C)(C)C)OC. The predicted molar refractivity (Wildman–Crippen MR) is 69.5 cm³/mol. The van der Waals surface area contributed by atoms with Crippen LogP contribution in [0.3, 0.4) is 0 Å². The van der Waals surface area contributed by atoms with Crippen molar-refractivity contribution in [1.29, 1.82) is 0 Å². The molecule has 108 valence electrons. The van der Waals surface area contributed by atoms with Crippen molar-refractivity contribution in [2.24, 2.45) is 0 Å². The first-order valence-corrected chi connectivity index (χ1v) is 6.04. The Hall–Kier alpha value is -0.850. The molecule has 0 saturated carbocycles. The van der Waals surface area contributed by atoms with E-state index in [0.717, 1.165) is 0 Å². The topological polar surface area (TPSA) is 68.8 Å². The quantitative estimate of drug-likeness (QED) is 0.673. The fourth-order valence-corrected chi connectivity index (χ4v) is 1.18. The monoisotopic (exact) mass is 262 g/mol. The van der Waals surface area contributed by atoms with E-state index in [1.807, 2.05) is 27.7 Å². The number of hydrogen-bond acceptors (Lipinski definition) is 5. The molecule has 1 amide bonds.